The number of halogens is 1. The number of hydrazine groups is 1. The third-order valence-corrected chi connectivity index (χ3v) is 3.26. The van der Waals surface area contributed by atoms with Crippen LogP contribution in [-0.2, 0) is 6.54 Å². The average Bonchev–Trinajstić information content (AvgIpc) is 2.23. The van der Waals surface area contributed by atoms with Crippen molar-refractivity contribution in [1.29, 1.82) is 0 Å². The fourth-order valence-corrected chi connectivity index (χ4v) is 1.61. The van der Waals surface area contributed by atoms with Crippen molar-refractivity contribution in [2.24, 2.45) is 0 Å². The van der Waals surface area contributed by atoms with Gasteiger partial charge in [-0.15, -0.1) is 0 Å². The van der Waals surface area contributed by atoms with Gasteiger partial charge in [-0.3, -0.25) is 0 Å². The molecule has 6 heteroatoms. The van der Waals surface area contributed by atoms with E-state index in [1.165, 1.54) is 11.8 Å². The summed E-state index contributed by atoms with van der Waals surface area (Å²) in [6, 6.07) is 5.29. The predicted octanol–water partition coefficient (Wildman–Crippen LogP) is 2.40. The first-order valence-electron chi connectivity index (χ1n) is 4.17. The molecule has 0 aliphatic carbocycles. The van der Waals surface area contributed by atoms with Gasteiger partial charge in [0.05, 0.1) is 0 Å². The summed E-state index contributed by atoms with van der Waals surface area (Å²) in [5.41, 5.74) is 6.58. The van der Waals surface area contributed by atoms with Crippen molar-refractivity contribution in [3.63, 3.8) is 0 Å². The summed E-state index contributed by atoms with van der Waals surface area (Å²) in [7, 11) is 0. The van der Waals surface area contributed by atoms with Crippen LogP contribution in [0.25, 0.3) is 0 Å². The summed E-state index contributed by atoms with van der Waals surface area (Å²) in [6.45, 7) is 0.506. The Morgan fingerprint density at radius 1 is 1.60 bits per heavy atom. The molecule has 0 bridgehead atoms. The zero-order valence-corrected chi connectivity index (χ0v) is 11.3. The largest absolute Gasteiger partial charge is 0.508 e. The maximum absolute atomic E-state index is 9.53. The lowest BCUT2D eigenvalue weighted by Gasteiger charge is -2.09. The lowest BCUT2D eigenvalue weighted by Crippen LogP contribution is -2.33. The van der Waals surface area contributed by atoms with Crippen molar-refractivity contribution in [2.45, 2.75) is 6.54 Å². The third-order valence-electron chi connectivity index (χ3n) is 1.70. The second kappa shape index (κ2) is 6.32. The molecule has 1 rings (SSSR count). The quantitative estimate of drug-likeness (QED) is 0.591. The van der Waals surface area contributed by atoms with Crippen LogP contribution in [0.4, 0.5) is 0 Å². The van der Waals surface area contributed by atoms with Crippen molar-refractivity contribution >= 4 is 44.2 Å². The Morgan fingerprint density at radius 3 is 3.00 bits per heavy atom. The maximum Gasteiger partial charge on any atom is 0.147 e. The van der Waals surface area contributed by atoms with Crippen LogP contribution >= 0.6 is 39.9 Å². The lowest BCUT2D eigenvalue weighted by atomic mass is 10.2. The van der Waals surface area contributed by atoms with E-state index in [9.17, 15) is 5.11 Å². The van der Waals surface area contributed by atoms with Crippen LogP contribution in [0, 0.1) is 0 Å². The van der Waals surface area contributed by atoms with Gasteiger partial charge in [-0.25, -0.2) is 5.43 Å². The lowest BCUT2D eigenvalue weighted by molar-refractivity contribution is 0.463. The minimum absolute atomic E-state index is 0.266. The number of hydrogen-bond acceptors (Lipinski definition) is 4. The number of nitrogens with one attached hydrogen (secondary N) is 2. The van der Waals surface area contributed by atoms with Crippen molar-refractivity contribution in [2.75, 3.05) is 6.26 Å². The Hall–Kier alpha value is -0.300. The molecule has 0 saturated heterocycles. The number of phenolic OH excluding ortho intramolecular Hbond substituents is 1. The summed E-state index contributed by atoms with van der Waals surface area (Å²) < 4.78 is 1.61. The molecule has 1 aromatic carbocycles. The van der Waals surface area contributed by atoms with Crippen molar-refractivity contribution < 1.29 is 5.11 Å². The molecule has 0 heterocycles. The number of hydrogen-bond donors (Lipinski definition) is 3. The highest BCUT2D eigenvalue weighted by Gasteiger charge is 2.01. The molecule has 82 valence electrons. The van der Waals surface area contributed by atoms with Crippen LogP contribution in [0.2, 0.25) is 0 Å². The summed E-state index contributed by atoms with van der Waals surface area (Å²) in [4.78, 5) is 0. The summed E-state index contributed by atoms with van der Waals surface area (Å²) in [5, 5.41) is 9.53. The Labute approximate surface area is 107 Å². The molecular formula is C9H11BrN2OS2. The minimum Gasteiger partial charge on any atom is -0.508 e. The highest BCUT2D eigenvalue weighted by Crippen LogP contribution is 2.21. The summed E-state index contributed by atoms with van der Waals surface area (Å²) >= 11 is 9.74. The minimum atomic E-state index is 0.266. The number of rotatable bonds is 3. The summed E-state index contributed by atoms with van der Waals surface area (Å²) in [6.07, 6.45) is 1.90. The second-order valence-corrected chi connectivity index (χ2v) is 5.14. The molecule has 15 heavy (non-hydrogen) atoms. The Kier molecular flexibility index (Phi) is 5.38. The fourth-order valence-electron chi connectivity index (χ4n) is 0.958. The zero-order valence-electron chi connectivity index (χ0n) is 8.08. The molecule has 0 saturated carbocycles. The monoisotopic (exact) mass is 306 g/mol. The maximum atomic E-state index is 9.53. The van der Waals surface area contributed by atoms with E-state index >= 15 is 0 Å². The first kappa shape index (κ1) is 12.8. The van der Waals surface area contributed by atoms with Gasteiger partial charge in [-0.2, -0.15) is 0 Å². The standard InChI is InChI=1S/C9H11BrN2OS2/c1-15-9(14)12-11-5-6-4-7(10)2-3-8(6)13/h2-4,11,13H,5H2,1H3,(H,12,14). The highest BCUT2D eigenvalue weighted by atomic mass is 79.9. The van der Waals surface area contributed by atoms with Crippen molar-refractivity contribution in [1.82, 2.24) is 10.9 Å². The number of phenols is 1. The van der Waals surface area contributed by atoms with Gasteiger partial charge in [0.2, 0.25) is 0 Å². The van der Waals surface area contributed by atoms with Gasteiger partial charge < -0.3 is 10.5 Å². The molecule has 0 unspecified atom stereocenters. The molecule has 1 aromatic rings. The van der Waals surface area contributed by atoms with E-state index in [0.29, 0.717) is 10.9 Å². The molecule has 0 atom stereocenters. The van der Waals surface area contributed by atoms with Crippen LogP contribution < -0.4 is 10.9 Å². The van der Waals surface area contributed by atoms with E-state index < -0.39 is 0 Å². The van der Waals surface area contributed by atoms with Gasteiger partial charge in [-0.1, -0.05) is 39.9 Å². The van der Waals surface area contributed by atoms with Crippen LogP contribution in [0.5, 0.6) is 5.75 Å². The third kappa shape index (κ3) is 4.38. The van der Waals surface area contributed by atoms with E-state index in [4.69, 9.17) is 12.2 Å². The van der Waals surface area contributed by atoms with Crippen LogP contribution in [0.3, 0.4) is 0 Å². The molecule has 0 radical (unpaired) electrons. The predicted molar refractivity (Wildman–Crippen MR) is 71.9 cm³/mol. The van der Waals surface area contributed by atoms with E-state index in [2.05, 4.69) is 26.8 Å². The fraction of sp³-hybridized carbons (Fsp3) is 0.222. The second-order valence-electron chi connectivity index (χ2n) is 2.74. The Morgan fingerprint density at radius 2 is 2.33 bits per heavy atom. The van der Waals surface area contributed by atoms with E-state index in [1.807, 2.05) is 12.3 Å². The van der Waals surface area contributed by atoms with E-state index in [-0.39, 0.29) is 5.75 Å². The van der Waals surface area contributed by atoms with Gasteiger partial charge >= 0.3 is 0 Å². The molecule has 0 amide bonds. The smallest absolute Gasteiger partial charge is 0.147 e. The molecular weight excluding hydrogens is 296 g/mol. The van der Waals surface area contributed by atoms with Crippen LogP contribution in [0.1, 0.15) is 5.56 Å². The van der Waals surface area contributed by atoms with Gasteiger partial charge in [-0.05, 0) is 24.5 Å². The van der Waals surface area contributed by atoms with Gasteiger partial charge in [0.25, 0.3) is 0 Å². The molecule has 0 aliphatic heterocycles. The van der Waals surface area contributed by atoms with E-state index in [0.717, 1.165) is 10.0 Å². The van der Waals surface area contributed by atoms with Gasteiger partial charge in [0.15, 0.2) is 0 Å². The Bertz CT molecular complexity index is 360. The van der Waals surface area contributed by atoms with Crippen molar-refractivity contribution in [3.8, 4) is 5.75 Å². The first-order valence-corrected chi connectivity index (χ1v) is 6.60. The average molecular weight is 307 g/mol. The number of thiocarbonyl (C=S) groups is 1. The van der Waals surface area contributed by atoms with Gasteiger partial charge in [0.1, 0.15) is 10.1 Å². The van der Waals surface area contributed by atoms with E-state index in [1.54, 1.807) is 12.1 Å². The SMILES string of the molecule is CSC(=S)NNCc1cc(Br)ccc1O. The van der Waals surface area contributed by atoms with Gasteiger partial charge in [0, 0.05) is 16.6 Å². The number of aromatic hydroxyl groups is 1. The zero-order chi connectivity index (χ0) is 11.3. The van der Waals surface area contributed by atoms with Crippen molar-refractivity contribution in [3.05, 3.63) is 28.2 Å². The van der Waals surface area contributed by atoms with Crippen LogP contribution in [0.15, 0.2) is 22.7 Å². The molecule has 0 fully saturated rings. The summed E-state index contributed by atoms with van der Waals surface area (Å²) in [5.74, 6) is 0.266. The molecule has 3 N–H and O–H groups in total. The number of thioether (sulfide) groups is 1. The molecule has 0 spiro atoms. The molecule has 0 aromatic heterocycles. The highest BCUT2D eigenvalue weighted by molar-refractivity contribution is 9.10. The first-order chi connectivity index (χ1) is 7.13. The van der Waals surface area contributed by atoms with Crippen LogP contribution in [-0.4, -0.2) is 15.7 Å². The topological polar surface area (TPSA) is 44.3 Å². The molecule has 3 nitrogen and oxygen atoms in total. The molecule has 0 aliphatic rings. The number of benzene rings is 1. The normalized spacial score (nSPS) is 10.0. The Balaban J connectivity index is 2.50.